The number of benzene rings is 3. The van der Waals surface area contributed by atoms with Gasteiger partial charge in [-0.2, -0.15) is 5.06 Å². The van der Waals surface area contributed by atoms with Gasteiger partial charge < -0.3 is 4.74 Å². The van der Waals surface area contributed by atoms with E-state index in [-0.39, 0.29) is 36.2 Å². The van der Waals surface area contributed by atoms with Crippen molar-refractivity contribution < 1.29 is 14.4 Å². The maximum absolute atomic E-state index is 12.7. The maximum atomic E-state index is 12.7. The number of hydrogen-bond acceptors (Lipinski definition) is 6. The molecule has 0 aliphatic carbocycles. The predicted molar refractivity (Wildman–Crippen MR) is 151 cm³/mol. The lowest BCUT2D eigenvalue weighted by Crippen LogP contribution is -2.46. The molecule has 0 saturated carbocycles. The van der Waals surface area contributed by atoms with Gasteiger partial charge in [0.25, 0.3) is 0 Å². The fraction of sp³-hybridized carbons (Fsp3) is 0.344. The van der Waals surface area contributed by atoms with Crippen LogP contribution in [-0.4, -0.2) is 31.6 Å². The molecule has 7 heteroatoms. The first kappa shape index (κ1) is 26.8. The standard InChI is InChI=1S/C32H36N4O3/c1-21(2)30-27-9-7-8-26(18-27)29-19-33-34-35(29)28-16-14-25(15-17-28)31(37)38-20-23-10-12-24(13-11-23)22(3)39-36(30)32(4,5)6/h7-19,21-22,30H,20H2,1-6H3. The third-order valence-corrected chi connectivity index (χ3v) is 7.06. The molecular weight excluding hydrogens is 488 g/mol. The van der Waals surface area contributed by atoms with Crippen molar-refractivity contribution in [3.05, 3.63) is 101 Å². The molecule has 0 spiro atoms. The number of esters is 1. The number of hydrogen-bond donors (Lipinski definition) is 0. The van der Waals surface area contributed by atoms with Crippen LogP contribution in [0.15, 0.2) is 79.0 Å². The second kappa shape index (κ2) is 10.8. The Kier molecular flexibility index (Phi) is 7.38. The van der Waals surface area contributed by atoms with E-state index in [0.29, 0.717) is 5.56 Å². The third kappa shape index (κ3) is 5.65. The predicted octanol–water partition coefficient (Wildman–Crippen LogP) is 7.10. The first-order chi connectivity index (χ1) is 18.6. The monoisotopic (exact) mass is 524 g/mol. The Balaban J connectivity index is 1.65. The van der Waals surface area contributed by atoms with Gasteiger partial charge in [0.1, 0.15) is 12.7 Å². The zero-order chi connectivity index (χ0) is 27.7. The number of ether oxygens (including phenoxy) is 1. The van der Waals surface area contributed by atoms with Crippen molar-refractivity contribution in [2.75, 3.05) is 0 Å². The molecule has 7 rings (SSSR count). The van der Waals surface area contributed by atoms with Crippen molar-refractivity contribution >= 4 is 5.97 Å². The molecule has 4 aromatic rings. The van der Waals surface area contributed by atoms with Gasteiger partial charge in [-0.3, -0.25) is 4.84 Å². The summed E-state index contributed by atoms with van der Waals surface area (Å²) in [6.07, 6.45) is 1.58. The Hall–Kier alpha value is -3.81. The van der Waals surface area contributed by atoms with Crippen LogP contribution in [0.25, 0.3) is 16.9 Å². The minimum Gasteiger partial charge on any atom is -0.457 e. The summed E-state index contributed by atoms with van der Waals surface area (Å²) in [5, 5.41) is 10.7. The second-order valence-electron chi connectivity index (χ2n) is 11.5. The summed E-state index contributed by atoms with van der Waals surface area (Å²) in [5.41, 5.74) is 6.01. The number of aromatic nitrogens is 3. The van der Waals surface area contributed by atoms with Gasteiger partial charge in [-0.15, -0.1) is 5.10 Å². The van der Waals surface area contributed by atoms with Gasteiger partial charge in [0.15, 0.2) is 0 Å². The summed E-state index contributed by atoms with van der Waals surface area (Å²) in [4.78, 5) is 19.5. The molecule has 3 aliphatic heterocycles. The van der Waals surface area contributed by atoms with Crippen molar-refractivity contribution in [3.8, 4) is 16.9 Å². The van der Waals surface area contributed by atoms with Crippen LogP contribution in [0.1, 0.15) is 80.7 Å². The fourth-order valence-corrected chi connectivity index (χ4v) is 5.02. The van der Waals surface area contributed by atoms with E-state index in [0.717, 1.165) is 33.6 Å². The van der Waals surface area contributed by atoms with E-state index in [1.807, 2.05) is 36.4 Å². The molecule has 2 unspecified atom stereocenters. The quantitative estimate of drug-likeness (QED) is 0.248. The smallest absolute Gasteiger partial charge is 0.338 e. The Morgan fingerprint density at radius 3 is 2.31 bits per heavy atom. The first-order valence-corrected chi connectivity index (χ1v) is 13.5. The minimum absolute atomic E-state index is 0.000274. The van der Waals surface area contributed by atoms with Gasteiger partial charge in [-0.25, -0.2) is 9.48 Å². The van der Waals surface area contributed by atoms with Crippen LogP contribution in [0.5, 0.6) is 0 Å². The van der Waals surface area contributed by atoms with Crippen LogP contribution >= 0.6 is 0 Å². The van der Waals surface area contributed by atoms with Crippen LogP contribution in [0.3, 0.4) is 0 Å². The molecule has 202 valence electrons. The number of rotatable bonds is 1. The van der Waals surface area contributed by atoms with Gasteiger partial charge in [0, 0.05) is 11.1 Å². The number of fused-ring (bicyclic) bond motifs is 2. The van der Waals surface area contributed by atoms with Crippen molar-refractivity contribution in [2.24, 2.45) is 5.92 Å². The van der Waals surface area contributed by atoms with Crippen LogP contribution in [0, 0.1) is 5.92 Å². The zero-order valence-corrected chi connectivity index (χ0v) is 23.5. The normalized spacial score (nSPS) is 18.7. The van der Waals surface area contributed by atoms with Crippen LogP contribution < -0.4 is 0 Å². The largest absolute Gasteiger partial charge is 0.457 e. The number of carbonyl (C=O) groups excluding carboxylic acids is 1. The highest BCUT2D eigenvalue weighted by molar-refractivity contribution is 5.89. The zero-order valence-electron chi connectivity index (χ0n) is 23.5. The summed E-state index contributed by atoms with van der Waals surface area (Å²) in [6.45, 7) is 13.3. The van der Waals surface area contributed by atoms with Crippen LogP contribution in [0.4, 0.5) is 0 Å². The summed E-state index contributed by atoms with van der Waals surface area (Å²) in [7, 11) is 0. The summed E-state index contributed by atoms with van der Waals surface area (Å²) in [6, 6.07) is 23.8. The Morgan fingerprint density at radius 2 is 1.64 bits per heavy atom. The highest BCUT2D eigenvalue weighted by atomic mass is 16.7. The lowest BCUT2D eigenvalue weighted by Gasteiger charge is -2.44. The first-order valence-electron chi connectivity index (χ1n) is 13.5. The molecular formula is C32H36N4O3. The average molecular weight is 525 g/mol. The molecule has 0 fully saturated rings. The van der Waals surface area contributed by atoms with E-state index in [1.165, 1.54) is 0 Å². The molecule has 0 amide bonds. The van der Waals surface area contributed by atoms with Crippen LogP contribution in [-0.2, 0) is 16.2 Å². The highest BCUT2D eigenvalue weighted by Gasteiger charge is 2.35. The molecule has 7 nitrogen and oxygen atoms in total. The van der Waals surface area contributed by atoms with Gasteiger partial charge in [-0.05, 0) is 80.6 Å². The molecule has 4 heterocycles. The summed E-state index contributed by atoms with van der Waals surface area (Å²) in [5.74, 6) is -0.0963. The summed E-state index contributed by atoms with van der Waals surface area (Å²) >= 11 is 0. The van der Waals surface area contributed by atoms with Crippen molar-refractivity contribution in [3.63, 3.8) is 0 Å². The maximum Gasteiger partial charge on any atom is 0.338 e. The number of hydroxylamine groups is 2. The van der Waals surface area contributed by atoms with E-state index in [9.17, 15) is 4.79 Å². The van der Waals surface area contributed by atoms with E-state index in [2.05, 4.69) is 81.2 Å². The van der Waals surface area contributed by atoms with Gasteiger partial charge in [0.2, 0.25) is 0 Å². The van der Waals surface area contributed by atoms with Gasteiger partial charge >= 0.3 is 5.97 Å². The Bertz CT molecular complexity index is 1440. The minimum atomic E-state index is -0.371. The molecule has 1 aromatic heterocycles. The third-order valence-electron chi connectivity index (χ3n) is 7.06. The van der Waals surface area contributed by atoms with E-state index >= 15 is 0 Å². The molecule has 0 radical (unpaired) electrons. The lowest BCUT2D eigenvalue weighted by molar-refractivity contribution is -0.272. The van der Waals surface area contributed by atoms with Crippen molar-refractivity contribution in [2.45, 2.75) is 65.8 Å². The molecule has 0 N–H and O–H groups in total. The van der Waals surface area contributed by atoms with Crippen LogP contribution in [0.2, 0.25) is 0 Å². The van der Waals surface area contributed by atoms with E-state index in [4.69, 9.17) is 9.57 Å². The average Bonchev–Trinajstić information content (AvgIpc) is 3.41. The van der Waals surface area contributed by atoms with Gasteiger partial charge in [-0.1, -0.05) is 61.5 Å². The number of nitrogens with zero attached hydrogens (tertiary/aromatic N) is 4. The molecule has 39 heavy (non-hydrogen) atoms. The molecule has 6 bridgehead atoms. The molecule has 3 aliphatic rings. The SMILES string of the molecule is CC1ON(C(C)(C)C)C(C(C)C)c2cccc(c2)-c2cnnn2-c2ccc(cc2)C(=O)OCc2ccc1cc2. The molecule has 0 saturated heterocycles. The van der Waals surface area contributed by atoms with E-state index < -0.39 is 0 Å². The lowest BCUT2D eigenvalue weighted by atomic mass is 9.91. The Labute approximate surface area is 230 Å². The summed E-state index contributed by atoms with van der Waals surface area (Å²) < 4.78 is 7.37. The molecule has 2 atom stereocenters. The van der Waals surface area contributed by atoms with E-state index in [1.54, 1.807) is 23.0 Å². The highest BCUT2D eigenvalue weighted by Crippen LogP contribution is 2.38. The fourth-order valence-electron chi connectivity index (χ4n) is 5.02. The van der Waals surface area contributed by atoms with Crippen molar-refractivity contribution in [1.82, 2.24) is 20.1 Å². The second-order valence-corrected chi connectivity index (χ2v) is 11.5. The van der Waals surface area contributed by atoms with Gasteiger partial charge in [0.05, 0.1) is 29.2 Å². The Morgan fingerprint density at radius 1 is 0.923 bits per heavy atom. The number of carbonyl (C=O) groups is 1. The van der Waals surface area contributed by atoms with Crippen molar-refractivity contribution in [1.29, 1.82) is 0 Å². The molecule has 3 aromatic carbocycles. The topological polar surface area (TPSA) is 69.5 Å².